The topological polar surface area (TPSA) is 141 Å². The summed E-state index contributed by atoms with van der Waals surface area (Å²) in [7, 11) is -0.215. The van der Waals surface area contributed by atoms with E-state index in [1.807, 2.05) is 0 Å². The van der Waals surface area contributed by atoms with Crippen molar-refractivity contribution < 1.29 is 19.3 Å². The summed E-state index contributed by atoms with van der Waals surface area (Å²) in [5.41, 5.74) is 6.41. The number of anilines is 1. The molecule has 0 radical (unpaired) electrons. The van der Waals surface area contributed by atoms with Crippen molar-refractivity contribution >= 4 is 25.5 Å². The first-order chi connectivity index (χ1) is 10.6. The molecule has 11 heteroatoms. The number of aliphatic hydroxyl groups excluding tert-OH is 1. The Balaban J connectivity index is 1.81. The zero-order chi connectivity index (χ0) is 15.7. The van der Waals surface area contributed by atoms with Crippen molar-refractivity contribution in [2.24, 2.45) is 5.50 Å². The van der Waals surface area contributed by atoms with Crippen LogP contribution in [0.1, 0.15) is 12.6 Å². The second-order valence-corrected chi connectivity index (χ2v) is 5.69. The van der Waals surface area contributed by atoms with Crippen molar-refractivity contribution in [3.05, 3.63) is 12.7 Å². The van der Waals surface area contributed by atoms with Gasteiger partial charge in [0.25, 0.3) is 0 Å². The highest BCUT2D eigenvalue weighted by molar-refractivity contribution is 7.43. The Kier molecular flexibility index (Phi) is 4.48. The van der Waals surface area contributed by atoms with Crippen LogP contribution in [-0.4, -0.2) is 55.4 Å². The van der Waals surface area contributed by atoms with Gasteiger partial charge < -0.3 is 24.6 Å². The summed E-state index contributed by atoms with van der Waals surface area (Å²) in [6.45, 7) is 0.0275. The molecule has 0 amide bonds. The Morgan fingerprint density at radius 3 is 3.09 bits per heavy atom. The van der Waals surface area contributed by atoms with Crippen molar-refractivity contribution in [1.82, 2.24) is 19.5 Å². The second kappa shape index (κ2) is 6.37. The first-order valence-corrected chi connectivity index (χ1v) is 7.93. The van der Waals surface area contributed by atoms with Crippen molar-refractivity contribution in [3.8, 4) is 0 Å². The third kappa shape index (κ3) is 2.89. The minimum absolute atomic E-state index is 0.0275. The normalized spacial score (nSPS) is 26.5. The molecular formula is C11H17N6O4P. The lowest BCUT2D eigenvalue weighted by molar-refractivity contribution is -0.0378. The summed E-state index contributed by atoms with van der Waals surface area (Å²) in [6.07, 6.45) is 1.70. The lowest BCUT2D eigenvalue weighted by Gasteiger charge is -2.16. The van der Waals surface area contributed by atoms with Crippen LogP contribution in [0.3, 0.4) is 0 Å². The van der Waals surface area contributed by atoms with Gasteiger partial charge in [0.05, 0.1) is 19.0 Å². The van der Waals surface area contributed by atoms with E-state index in [-0.39, 0.29) is 6.61 Å². The quantitative estimate of drug-likeness (QED) is 0.545. The third-order valence-corrected chi connectivity index (χ3v) is 3.89. The third-order valence-electron chi connectivity index (χ3n) is 3.48. The molecule has 3 heterocycles. The number of rotatable bonds is 5. The first-order valence-electron chi connectivity index (χ1n) is 6.65. The smallest absolute Gasteiger partial charge is 0.250 e. The predicted molar refractivity (Wildman–Crippen MR) is 78.7 cm³/mol. The first kappa shape index (κ1) is 15.5. The molecule has 2 aromatic rings. The van der Waals surface area contributed by atoms with E-state index in [0.717, 1.165) is 0 Å². The zero-order valence-corrected chi connectivity index (χ0v) is 12.7. The maximum Gasteiger partial charge on any atom is 0.250 e. The predicted octanol–water partition coefficient (Wildman–Crippen LogP) is -0.289. The van der Waals surface area contributed by atoms with E-state index in [1.54, 1.807) is 17.9 Å². The molecular weight excluding hydrogens is 311 g/mol. The molecule has 22 heavy (non-hydrogen) atoms. The van der Waals surface area contributed by atoms with Gasteiger partial charge in [-0.25, -0.2) is 15.0 Å². The van der Waals surface area contributed by atoms with E-state index in [2.05, 4.69) is 20.3 Å². The average Bonchev–Trinajstić information content (AvgIpc) is 3.08. The molecule has 2 aromatic heterocycles. The zero-order valence-electron chi connectivity index (χ0n) is 11.8. The van der Waals surface area contributed by atoms with Crippen LogP contribution in [-0.2, 0) is 9.26 Å². The summed E-state index contributed by atoms with van der Waals surface area (Å²) in [6, 6.07) is 0. The van der Waals surface area contributed by atoms with Gasteiger partial charge in [0, 0.05) is 13.5 Å². The van der Waals surface area contributed by atoms with Crippen molar-refractivity contribution in [3.63, 3.8) is 0 Å². The van der Waals surface area contributed by atoms with Crippen LogP contribution in [0.5, 0.6) is 0 Å². The lowest BCUT2D eigenvalue weighted by Crippen LogP contribution is -2.26. The molecule has 0 bridgehead atoms. The number of nitrogens with two attached hydrogens (primary N) is 1. The molecule has 1 aliphatic heterocycles. The molecule has 1 aliphatic rings. The molecule has 0 aromatic carbocycles. The van der Waals surface area contributed by atoms with Crippen LogP contribution in [0.15, 0.2) is 12.7 Å². The van der Waals surface area contributed by atoms with Crippen LogP contribution in [0.4, 0.5) is 5.82 Å². The fraction of sp³-hybridized carbons (Fsp3) is 0.545. The van der Waals surface area contributed by atoms with Gasteiger partial charge in [-0.2, -0.15) is 0 Å². The molecule has 0 spiro atoms. The van der Waals surface area contributed by atoms with Gasteiger partial charge >= 0.3 is 0 Å². The highest BCUT2D eigenvalue weighted by Crippen LogP contribution is 2.33. The molecule has 4 atom stereocenters. The highest BCUT2D eigenvalue weighted by atomic mass is 31.2. The van der Waals surface area contributed by atoms with Gasteiger partial charge in [0.15, 0.2) is 11.5 Å². The summed E-state index contributed by atoms with van der Waals surface area (Å²) >= 11 is 0. The van der Waals surface area contributed by atoms with E-state index in [0.29, 0.717) is 23.4 Å². The SMILES string of the molecule is CNc1ncnc2c1ncn2[C@H]1C[C@H](O)[C@@H](COP(N)O)O1. The number of nitrogens with one attached hydrogen (secondary N) is 1. The van der Waals surface area contributed by atoms with Crippen LogP contribution in [0.25, 0.3) is 11.2 Å². The minimum Gasteiger partial charge on any atom is -0.390 e. The molecule has 10 nitrogen and oxygen atoms in total. The van der Waals surface area contributed by atoms with Crippen LogP contribution in [0, 0.1) is 0 Å². The van der Waals surface area contributed by atoms with E-state index >= 15 is 0 Å². The monoisotopic (exact) mass is 328 g/mol. The number of ether oxygens (including phenoxy) is 1. The lowest BCUT2D eigenvalue weighted by atomic mass is 10.2. The van der Waals surface area contributed by atoms with Crippen molar-refractivity contribution in [2.75, 3.05) is 19.0 Å². The van der Waals surface area contributed by atoms with Crippen molar-refractivity contribution in [1.29, 1.82) is 0 Å². The summed E-state index contributed by atoms with van der Waals surface area (Å²) in [5, 5.41) is 13.0. The van der Waals surface area contributed by atoms with E-state index in [9.17, 15) is 5.11 Å². The maximum absolute atomic E-state index is 10.0. The number of hydrogen-bond donors (Lipinski definition) is 4. The van der Waals surface area contributed by atoms with Gasteiger partial charge in [-0.05, 0) is 0 Å². The summed E-state index contributed by atoms with van der Waals surface area (Å²) in [5.74, 6) is 0.622. The molecule has 3 rings (SSSR count). The van der Waals surface area contributed by atoms with Crippen LogP contribution >= 0.6 is 8.53 Å². The Hall–Kier alpha value is -1.42. The fourth-order valence-corrected chi connectivity index (χ4v) is 2.73. The Morgan fingerprint density at radius 1 is 1.55 bits per heavy atom. The fourth-order valence-electron chi connectivity index (χ4n) is 2.43. The molecule has 0 saturated carbocycles. The molecule has 0 aliphatic carbocycles. The Morgan fingerprint density at radius 2 is 2.36 bits per heavy atom. The van der Waals surface area contributed by atoms with E-state index < -0.39 is 27.0 Å². The highest BCUT2D eigenvalue weighted by Gasteiger charge is 2.36. The largest absolute Gasteiger partial charge is 0.390 e. The average molecular weight is 328 g/mol. The van der Waals surface area contributed by atoms with Gasteiger partial charge in [-0.3, -0.25) is 10.1 Å². The Bertz CT molecular complexity index is 653. The summed E-state index contributed by atoms with van der Waals surface area (Å²) in [4.78, 5) is 21.6. The molecule has 1 saturated heterocycles. The second-order valence-electron chi connectivity index (χ2n) is 4.83. The number of hydrogen-bond acceptors (Lipinski definition) is 9. The number of imidazole rings is 1. The number of aromatic nitrogens is 4. The molecule has 5 N–H and O–H groups in total. The Labute approximate surface area is 127 Å². The van der Waals surface area contributed by atoms with Crippen molar-refractivity contribution in [2.45, 2.75) is 24.9 Å². The van der Waals surface area contributed by atoms with E-state index in [1.165, 1.54) is 6.33 Å². The summed E-state index contributed by atoms with van der Waals surface area (Å²) < 4.78 is 12.4. The van der Waals surface area contributed by atoms with Gasteiger partial charge in [0.2, 0.25) is 8.53 Å². The van der Waals surface area contributed by atoms with Crippen LogP contribution < -0.4 is 10.8 Å². The van der Waals surface area contributed by atoms with E-state index in [4.69, 9.17) is 19.7 Å². The van der Waals surface area contributed by atoms with Gasteiger partial charge in [-0.1, -0.05) is 0 Å². The van der Waals surface area contributed by atoms with Gasteiger partial charge in [0.1, 0.15) is 24.2 Å². The minimum atomic E-state index is -1.97. The van der Waals surface area contributed by atoms with Gasteiger partial charge in [-0.15, -0.1) is 0 Å². The molecule has 1 fully saturated rings. The number of fused-ring (bicyclic) bond motifs is 1. The number of nitrogens with zero attached hydrogens (tertiary/aromatic N) is 4. The van der Waals surface area contributed by atoms with Crippen LogP contribution in [0.2, 0.25) is 0 Å². The maximum atomic E-state index is 10.0. The molecule has 120 valence electrons. The number of aliphatic hydroxyl groups is 1. The standard InChI is InChI=1S/C11H17N6O4P/c1-13-10-9-11(15-4-14-10)17(5-16-9)8-2-6(18)7(21-8)3-20-22(12)19/h4-8,18-19H,2-3,12H2,1H3,(H,13,14,15)/t6-,7+,8+,22?/m0/s1. The molecule has 1 unspecified atom stereocenters.